The Labute approximate surface area is 471 Å². The standard InChI is InChI=1S/C58H56O25/c1-30(6-16-35-41(59)71-53(4,33-12-13-33)72-42(35)60)8-18-37-45(63)75-55(76-46(37)64)22-24-56(25-23-55)77-47(65)39(48(66)78-56)20-10-32(3)11-21-40-51(69)81-58(82-52(40)83-70)28-26-57(27-29-58)79-49(67)38(50(68)80-57)19-9-31(2)7-17-36-43(61)73-54(5,34-14-15-34)74-44(36)62/h6-11,16-21,33-34,61,63,70H,12-15,22-29H2,1-5H3/b17-7+,18-8+,21-11+,30-6+,31-9+,32-10+,35-16?,38-19?,39-20?. The van der Waals surface area contributed by atoms with Crippen LogP contribution in [0.4, 0.5) is 0 Å². The lowest BCUT2D eigenvalue weighted by molar-refractivity contribution is -0.330. The molecule has 0 amide bonds. The zero-order valence-electron chi connectivity index (χ0n) is 45.4. The molecule has 4 spiro atoms. The maximum Gasteiger partial charge on any atom is 0.348 e. The number of hydrogen-bond acceptors (Lipinski definition) is 25. The number of carbonyl (C=O) groups excluding carboxylic acids is 9. The van der Waals surface area contributed by atoms with Crippen LogP contribution < -0.4 is 0 Å². The third-order valence-electron chi connectivity index (χ3n) is 15.4. The van der Waals surface area contributed by atoms with Crippen molar-refractivity contribution in [2.75, 3.05) is 0 Å². The molecule has 438 valence electrons. The first-order chi connectivity index (χ1) is 39.3. The van der Waals surface area contributed by atoms with Gasteiger partial charge in [-0.15, -0.1) is 0 Å². The molecule has 6 aliphatic heterocycles. The van der Waals surface area contributed by atoms with E-state index in [1.807, 2.05) is 0 Å². The first-order valence-corrected chi connectivity index (χ1v) is 26.6. The lowest BCUT2D eigenvalue weighted by Gasteiger charge is -2.46. The molecule has 0 radical (unpaired) electrons. The van der Waals surface area contributed by atoms with Crippen LogP contribution in [0.3, 0.4) is 0 Å². The molecule has 3 N–H and O–H groups in total. The molecule has 0 aromatic heterocycles. The molecule has 7 fully saturated rings. The van der Waals surface area contributed by atoms with Crippen molar-refractivity contribution < 1.29 is 120 Å². The van der Waals surface area contributed by atoms with Crippen molar-refractivity contribution in [1.29, 1.82) is 0 Å². The largest absolute Gasteiger partial charge is 0.480 e. The molecule has 1 unspecified atom stereocenters. The molecule has 0 bridgehead atoms. The van der Waals surface area contributed by atoms with Crippen molar-refractivity contribution in [3.05, 3.63) is 141 Å². The number of aliphatic hydroxyl groups excluding tert-OH is 2. The minimum absolute atomic E-state index is 0.0160. The highest BCUT2D eigenvalue weighted by molar-refractivity contribution is 6.17. The number of ether oxygens (including phenoxy) is 12. The first kappa shape index (κ1) is 57.1. The number of cyclic esters (lactones) is 3. The summed E-state index contributed by atoms with van der Waals surface area (Å²) >= 11 is 0. The smallest absolute Gasteiger partial charge is 0.348 e. The number of carbonyl (C=O) groups is 9. The Morgan fingerprint density at radius 3 is 1.02 bits per heavy atom. The summed E-state index contributed by atoms with van der Waals surface area (Å²) < 4.78 is 66.9. The normalized spacial score (nSPS) is 32.7. The topological polar surface area (TPSA) is 334 Å². The lowest BCUT2D eigenvalue weighted by atomic mass is 9.87. The van der Waals surface area contributed by atoms with Crippen molar-refractivity contribution in [3.8, 4) is 0 Å². The van der Waals surface area contributed by atoms with Crippen LogP contribution in [0.5, 0.6) is 0 Å². The second kappa shape index (κ2) is 21.3. The SMILES string of the molecule is CC(/C=C/C1=C(O)OC2(CCC3(CC2)OC(=O)C(=C/C=C(C)/C=C/C2=C(OO)OC4(CCC5(CC4)OC(=O)C(=C/C=C(C)/C=C/C4=C(O)OC(C)(C6CC6)OC4=O)C(=O)O5)OC2=O)C(=O)O3)OC1=O)=C\C=C1C(=O)OC(C)(C2CC2)OC1=O. The van der Waals surface area contributed by atoms with Gasteiger partial charge in [-0.2, -0.15) is 5.26 Å². The number of hydrogen-bond donors (Lipinski definition) is 3. The van der Waals surface area contributed by atoms with Crippen LogP contribution in [0, 0.1) is 11.8 Å². The highest BCUT2D eigenvalue weighted by Crippen LogP contribution is 2.50. The summed E-state index contributed by atoms with van der Waals surface area (Å²) in [5, 5.41) is 31.0. The zero-order valence-corrected chi connectivity index (χ0v) is 45.4. The fourth-order valence-electron chi connectivity index (χ4n) is 10.1. The van der Waals surface area contributed by atoms with E-state index in [2.05, 4.69) is 4.89 Å². The van der Waals surface area contributed by atoms with Crippen molar-refractivity contribution in [2.24, 2.45) is 11.8 Å². The van der Waals surface area contributed by atoms with Gasteiger partial charge in [0, 0.05) is 77.0 Å². The van der Waals surface area contributed by atoms with Gasteiger partial charge in [-0.1, -0.05) is 53.2 Å². The quantitative estimate of drug-likeness (QED) is 0.0347. The van der Waals surface area contributed by atoms with E-state index < -0.39 is 117 Å². The predicted molar refractivity (Wildman–Crippen MR) is 271 cm³/mol. The molecular formula is C58H56O25. The Morgan fingerprint density at radius 2 is 0.675 bits per heavy atom. The van der Waals surface area contributed by atoms with Crippen LogP contribution in [0.1, 0.15) is 112 Å². The highest BCUT2D eigenvalue weighted by atomic mass is 17.1. The third-order valence-corrected chi connectivity index (χ3v) is 15.4. The summed E-state index contributed by atoms with van der Waals surface area (Å²) in [6, 6.07) is 0. The Hall–Kier alpha value is -9.13. The molecular weight excluding hydrogens is 1100 g/mol. The zero-order chi connectivity index (χ0) is 59.4. The average Bonchev–Trinajstić information content (AvgIpc) is 4.44. The molecule has 10 rings (SSSR count). The van der Waals surface area contributed by atoms with Gasteiger partial charge in [-0.25, -0.2) is 43.2 Å². The second-order valence-electron chi connectivity index (χ2n) is 21.7. The van der Waals surface area contributed by atoms with Crippen molar-refractivity contribution >= 4 is 53.7 Å². The average molecular weight is 1150 g/mol. The van der Waals surface area contributed by atoms with Gasteiger partial charge in [0.25, 0.3) is 46.6 Å². The number of aliphatic hydroxyl groups is 2. The fourth-order valence-corrected chi connectivity index (χ4v) is 10.1. The molecule has 0 aromatic rings. The summed E-state index contributed by atoms with van der Waals surface area (Å²) in [7, 11) is 0. The third kappa shape index (κ3) is 11.7. The lowest BCUT2D eigenvalue weighted by Crippen LogP contribution is -2.54. The van der Waals surface area contributed by atoms with Crippen LogP contribution in [-0.4, -0.2) is 104 Å². The van der Waals surface area contributed by atoms with Gasteiger partial charge in [-0.3, -0.25) is 4.89 Å². The molecule has 1 atom stereocenters. The minimum Gasteiger partial charge on any atom is -0.480 e. The fraction of sp³-hybridized carbons (Fsp3) is 0.431. The molecule has 83 heavy (non-hydrogen) atoms. The van der Waals surface area contributed by atoms with Crippen molar-refractivity contribution in [2.45, 2.75) is 146 Å². The van der Waals surface area contributed by atoms with Crippen molar-refractivity contribution in [3.63, 3.8) is 0 Å². The van der Waals surface area contributed by atoms with E-state index in [0.717, 1.165) is 31.8 Å². The maximum absolute atomic E-state index is 13.4. The molecule has 10 aliphatic rings. The van der Waals surface area contributed by atoms with Gasteiger partial charge in [0.15, 0.2) is 0 Å². The monoisotopic (exact) mass is 1150 g/mol. The Balaban J connectivity index is 0.700. The number of rotatable bonds is 12. The Kier molecular flexibility index (Phi) is 14.7. The van der Waals surface area contributed by atoms with E-state index in [0.29, 0.717) is 16.7 Å². The second-order valence-corrected chi connectivity index (χ2v) is 21.7. The first-order valence-electron chi connectivity index (χ1n) is 26.6. The van der Waals surface area contributed by atoms with Gasteiger partial charge >= 0.3 is 59.7 Å². The van der Waals surface area contributed by atoms with E-state index >= 15 is 0 Å². The maximum atomic E-state index is 13.4. The molecule has 25 nitrogen and oxygen atoms in total. The molecule has 6 heterocycles. The summed E-state index contributed by atoms with van der Waals surface area (Å²) in [5.74, 6) is -19.9. The molecule has 3 saturated heterocycles. The Morgan fingerprint density at radius 1 is 0.398 bits per heavy atom. The van der Waals surface area contributed by atoms with E-state index in [4.69, 9.17) is 56.8 Å². The van der Waals surface area contributed by atoms with Gasteiger partial charge < -0.3 is 67.1 Å². The van der Waals surface area contributed by atoms with Gasteiger partial charge in [0.2, 0.25) is 0 Å². The summed E-state index contributed by atoms with van der Waals surface area (Å²) in [4.78, 5) is 122. The summed E-state index contributed by atoms with van der Waals surface area (Å²) in [5.41, 5.74) is -0.916. The van der Waals surface area contributed by atoms with E-state index in [9.17, 15) is 58.6 Å². The minimum atomic E-state index is -1.75. The van der Waals surface area contributed by atoms with E-state index in [1.54, 1.807) is 34.6 Å². The molecule has 25 heteroatoms. The number of esters is 9. The molecule has 4 saturated carbocycles. The number of allylic oxidation sites excluding steroid dienone is 12. The van der Waals surface area contributed by atoms with E-state index in [1.165, 1.54) is 66.8 Å². The predicted octanol–water partition coefficient (Wildman–Crippen LogP) is 6.72. The molecule has 4 aliphatic carbocycles. The van der Waals surface area contributed by atoms with Crippen LogP contribution >= 0.6 is 0 Å². The van der Waals surface area contributed by atoms with Gasteiger partial charge in [-0.05, 0) is 82.9 Å². The van der Waals surface area contributed by atoms with Gasteiger partial charge in [0.1, 0.15) is 33.4 Å². The van der Waals surface area contributed by atoms with Crippen molar-refractivity contribution in [1.82, 2.24) is 0 Å². The van der Waals surface area contributed by atoms with Crippen LogP contribution in [0.25, 0.3) is 0 Å². The van der Waals surface area contributed by atoms with Gasteiger partial charge in [0.05, 0.1) is 0 Å². The highest BCUT2D eigenvalue weighted by Gasteiger charge is 2.59. The Bertz CT molecular complexity index is 3240. The summed E-state index contributed by atoms with van der Waals surface area (Å²) in [6.45, 7) is 7.87. The van der Waals surface area contributed by atoms with Crippen LogP contribution in [0.2, 0.25) is 0 Å². The van der Waals surface area contributed by atoms with Crippen LogP contribution in [-0.2, 0) is 105 Å². The van der Waals surface area contributed by atoms with Crippen LogP contribution in [0.15, 0.2) is 141 Å². The van der Waals surface area contributed by atoms with E-state index in [-0.39, 0.29) is 85.5 Å². The summed E-state index contributed by atoms with van der Waals surface area (Å²) in [6.07, 6.45) is 17.2. The molecule has 0 aromatic carbocycles.